The first kappa shape index (κ1) is 32.9. The molecule has 0 spiro atoms. The van der Waals surface area contributed by atoms with E-state index >= 15 is 0 Å². The summed E-state index contributed by atoms with van der Waals surface area (Å²) in [4.78, 5) is 45.1. The van der Waals surface area contributed by atoms with Gasteiger partial charge in [0.05, 0.1) is 25.3 Å². The van der Waals surface area contributed by atoms with Crippen LogP contribution < -0.4 is 9.47 Å². The number of pyridine rings is 1. The van der Waals surface area contributed by atoms with Gasteiger partial charge in [-0.2, -0.15) is 0 Å². The minimum Gasteiger partial charge on any atom is -0.481 e. The third-order valence-electron chi connectivity index (χ3n) is 8.57. The van der Waals surface area contributed by atoms with Crippen molar-refractivity contribution in [2.45, 2.75) is 78.9 Å². The lowest BCUT2D eigenvalue weighted by Crippen LogP contribution is -2.36. The second-order valence-electron chi connectivity index (χ2n) is 12.2. The summed E-state index contributed by atoms with van der Waals surface area (Å²) < 4.78 is 16.3. The Balaban J connectivity index is 1.73. The van der Waals surface area contributed by atoms with Crippen molar-refractivity contribution < 1.29 is 28.6 Å². The van der Waals surface area contributed by atoms with Gasteiger partial charge in [-0.1, -0.05) is 25.1 Å². The Kier molecular flexibility index (Phi) is 10.6. The summed E-state index contributed by atoms with van der Waals surface area (Å²) in [6.07, 6.45) is 3.65. The standard InChI is InChI=1S/C36H44N2O6/c1-21(2)38(22(3)4)20-28-16-27(14-15-30(28)31-18-33(42-7)37-19-32(31)36(41)43-8)35(40)44-29-11-9-10-26(17-29)34(25-12-13-25)23(5)24(6)39/h9-11,14-19,21-23,25,34H,12-13,20H2,1-8H3/t23-,34+/m1/s1. The number of aromatic nitrogens is 1. The third kappa shape index (κ3) is 7.53. The average molecular weight is 601 g/mol. The highest BCUT2D eigenvalue weighted by Gasteiger charge is 2.37. The molecule has 44 heavy (non-hydrogen) atoms. The molecule has 1 aliphatic carbocycles. The fourth-order valence-electron chi connectivity index (χ4n) is 5.94. The predicted octanol–water partition coefficient (Wildman–Crippen LogP) is 7.10. The lowest BCUT2D eigenvalue weighted by atomic mass is 9.81. The van der Waals surface area contributed by atoms with Crippen LogP contribution in [0, 0.1) is 11.8 Å². The highest BCUT2D eigenvalue weighted by atomic mass is 16.5. The molecular weight excluding hydrogens is 556 g/mol. The minimum absolute atomic E-state index is 0.102. The zero-order chi connectivity index (χ0) is 32.1. The quantitative estimate of drug-likeness (QED) is 0.151. The van der Waals surface area contributed by atoms with E-state index < -0.39 is 11.9 Å². The Labute approximate surface area is 260 Å². The fraction of sp³-hybridized carbons (Fsp3) is 0.444. The average Bonchev–Trinajstić information content (AvgIpc) is 3.84. The number of carbonyl (C=O) groups excluding carboxylic acids is 3. The van der Waals surface area contributed by atoms with Crippen molar-refractivity contribution in [2.24, 2.45) is 11.8 Å². The van der Waals surface area contributed by atoms with Crippen molar-refractivity contribution in [3.63, 3.8) is 0 Å². The first-order valence-electron chi connectivity index (χ1n) is 15.3. The zero-order valence-electron chi connectivity index (χ0n) is 27.0. The van der Waals surface area contributed by atoms with Gasteiger partial charge in [-0.05, 0) is 100 Å². The summed E-state index contributed by atoms with van der Waals surface area (Å²) >= 11 is 0. The van der Waals surface area contributed by atoms with Crippen molar-refractivity contribution in [3.05, 3.63) is 77.0 Å². The van der Waals surface area contributed by atoms with Crippen molar-refractivity contribution in [1.82, 2.24) is 9.88 Å². The summed E-state index contributed by atoms with van der Waals surface area (Å²) in [6, 6.07) is 15.1. The van der Waals surface area contributed by atoms with Crippen LogP contribution in [-0.2, 0) is 16.1 Å². The van der Waals surface area contributed by atoms with Crippen molar-refractivity contribution in [1.29, 1.82) is 0 Å². The van der Waals surface area contributed by atoms with Crippen LogP contribution in [0.2, 0.25) is 0 Å². The largest absolute Gasteiger partial charge is 0.481 e. The SMILES string of the molecule is COC(=O)c1cnc(OC)cc1-c1ccc(C(=O)Oc2cccc([C@H](C3CC3)[C@H](C)C(C)=O)c2)cc1CN(C(C)C)C(C)C. The topological polar surface area (TPSA) is 95.0 Å². The number of carbonyl (C=O) groups is 3. The monoisotopic (exact) mass is 600 g/mol. The second-order valence-corrected chi connectivity index (χ2v) is 12.2. The van der Waals surface area contributed by atoms with Gasteiger partial charge < -0.3 is 14.2 Å². The van der Waals surface area contributed by atoms with E-state index in [1.807, 2.05) is 37.3 Å². The van der Waals surface area contributed by atoms with Crippen molar-refractivity contribution in [3.8, 4) is 22.8 Å². The zero-order valence-corrected chi connectivity index (χ0v) is 27.0. The molecule has 234 valence electrons. The number of hydrogen-bond acceptors (Lipinski definition) is 8. The van der Waals surface area contributed by atoms with Crippen LogP contribution in [0.1, 0.15) is 92.1 Å². The Bertz CT molecular complexity index is 1500. The number of rotatable bonds is 13. The molecule has 1 aromatic heterocycles. The van der Waals surface area contributed by atoms with E-state index in [-0.39, 0.29) is 29.7 Å². The van der Waals surface area contributed by atoms with Crippen molar-refractivity contribution >= 4 is 17.7 Å². The first-order chi connectivity index (χ1) is 20.9. The molecule has 0 N–H and O–H groups in total. The number of methoxy groups -OCH3 is 2. The fourth-order valence-corrected chi connectivity index (χ4v) is 5.94. The van der Waals surface area contributed by atoms with Crippen LogP contribution >= 0.6 is 0 Å². The molecule has 8 nitrogen and oxygen atoms in total. The highest BCUT2D eigenvalue weighted by molar-refractivity contribution is 5.98. The maximum absolute atomic E-state index is 13.6. The number of hydrogen-bond donors (Lipinski definition) is 0. The summed E-state index contributed by atoms with van der Waals surface area (Å²) in [6.45, 7) is 12.7. The molecule has 2 aromatic carbocycles. The normalized spacial score (nSPS) is 14.4. The molecule has 1 fully saturated rings. The van der Waals surface area contributed by atoms with Gasteiger partial charge in [0.25, 0.3) is 0 Å². The first-order valence-corrected chi connectivity index (χ1v) is 15.3. The van der Waals surface area contributed by atoms with Crippen LogP contribution in [0.3, 0.4) is 0 Å². The summed E-state index contributed by atoms with van der Waals surface area (Å²) in [5.74, 6) is 0.438. The number of Topliss-reactive ketones (excluding diaryl/α,β-unsaturated/α-hetero) is 1. The van der Waals surface area contributed by atoms with Gasteiger partial charge in [0.15, 0.2) is 0 Å². The van der Waals surface area contributed by atoms with Crippen LogP contribution in [0.5, 0.6) is 11.6 Å². The minimum atomic E-state index is -0.516. The molecule has 1 saturated carbocycles. The summed E-state index contributed by atoms with van der Waals surface area (Å²) in [5, 5.41) is 0. The second kappa shape index (κ2) is 14.2. The molecule has 0 radical (unpaired) electrons. The van der Waals surface area contributed by atoms with Gasteiger partial charge in [-0.15, -0.1) is 0 Å². The Hall–Kier alpha value is -4.04. The van der Waals surface area contributed by atoms with Gasteiger partial charge in [0.1, 0.15) is 11.5 Å². The van der Waals surface area contributed by atoms with E-state index in [2.05, 4.69) is 37.6 Å². The van der Waals surface area contributed by atoms with Crippen LogP contribution in [0.25, 0.3) is 11.1 Å². The lowest BCUT2D eigenvalue weighted by Gasteiger charge is -2.31. The Morgan fingerprint density at radius 1 is 0.909 bits per heavy atom. The summed E-state index contributed by atoms with van der Waals surface area (Å²) in [7, 11) is 2.85. The number of benzene rings is 2. The van der Waals surface area contributed by atoms with Crippen LogP contribution in [-0.4, -0.2) is 53.9 Å². The maximum atomic E-state index is 13.6. The number of ether oxygens (including phenoxy) is 3. The van der Waals surface area contributed by atoms with E-state index in [0.717, 1.165) is 29.5 Å². The van der Waals surface area contributed by atoms with Gasteiger partial charge in [0, 0.05) is 42.4 Å². The van der Waals surface area contributed by atoms with Crippen LogP contribution in [0.4, 0.5) is 0 Å². The molecule has 0 amide bonds. The summed E-state index contributed by atoms with van der Waals surface area (Å²) in [5.41, 5.74) is 3.91. The molecule has 4 rings (SSSR count). The smallest absolute Gasteiger partial charge is 0.343 e. The number of ketones is 1. The van der Waals surface area contributed by atoms with E-state index in [9.17, 15) is 14.4 Å². The molecule has 8 heteroatoms. The number of nitrogens with zero attached hydrogens (tertiary/aromatic N) is 2. The van der Waals surface area contributed by atoms with Gasteiger partial charge in [-0.3, -0.25) is 9.69 Å². The van der Waals surface area contributed by atoms with Crippen molar-refractivity contribution in [2.75, 3.05) is 14.2 Å². The predicted molar refractivity (Wildman–Crippen MR) is 170 cm³/mol. The molecular formula is C36H44N2O6. The Morgan fingerprint density at radius 2 is 1.61 bits per heavy atom. The van der Waals surface area contributed by atoms with Gasteiger partial charge >= 0.3 is 11.9 Å². The molecule has 0 aliphatic heterocycles. The molecule has 1 heterocycles. The molecule has 0 unspecified atom stereocenters. The highest BCUT2D eigenvalue weighted by Crippen LogP contribution is 2.47. The number of esters is 2. The van der Waals surface area contributed by atoms with Gasteiger partial charge in [0.2, 0.25) is 5.88 Å². The Morgan fingerprint density at radius 3 is 2.20 bits per heavy atom. The van der Waals surface area contributed by atoms with Crippen LogP contribution in [0.15, 0.2) is 54.7 Å². The van der Waals surface area contributed by atoms with E-state index in [1.54, 1.807) is 25.1 Å². The van der Waals surface area contributed by atoms with Gasteiger partial charge in [-0.25, -0.2) is 14.6 Å². The molecule has 3 aromatic rings. The molecule has 0 bridgehead atoms. The van der Waals surface area contributed by atoms with E-state index in [0.29, 0.717) is 40.8 Å². The molecule has 0 saturated heterocycles. The third-order valence-corrected chi connectivity index (χ3v) is 8.57. The maximum Gasteiger partial charge on any atom is 0.343 e. The molecule has 1 aliphatic rings. The van der Waals surface area contributed by atoms with E-state index in [1.165, 1.54) is 20.4 Å². The lowest BCUT2D eigenvalue weighted by molar-refractivity contribution is -0.121. The van der Waals surface area contributed by atoms with E-state index in [4.69, 9.17) is 14.2 Å². The molecule has 2 atom stereocenters.